The summed E-state index contributed by atoms with van der Waals surface area (Å²) in [5.41, 5.74) is 3.22. The minimum atomic E-state index is -0.344. The molecule has 0 spiro atoms. The lowest BCUT2D eigenvalue weighted by atomic mass is 10.1. The van der Waals surface area contributed by atoms with Crippen molar-refractivity contribution in [1.82, 2.24) is 20.2 Å². The van der Waals surface area contributed by atoms with Crippen LogP contribution in [0.2, 0.25) is 0 Å². The molecule has 0 unspecified atom stereocenters. The van der Waals surface area contributed by atoms with Crippen molar-refractivity contribution in [3.05, 3.63) is 76.1 Å². The summed E-state index contributed by atoms with van der Waals surface area (Å²) in [6, 6.07) is 17.2. The molecular weight excluding hydrogens is 348 g/mol. The SMILES string of the molecule is CCc1ccc2c(CSc3nnnn3-c3ccccc3)cc(=O)oc2c1. The van der Waals surface area contributed by atoms with Crippen molar-refractivity contribution in [2.75, 3.05) is 0 Å². The monoisotopic (exact) mass is 364 g/mol. The van der Waals surface area contributed by atoms with Crippen LogP contribution >= 0.6 is 11.8 Å². The van der Waals surface area contributed by atoms with Crippen LogP contribution in [0.5, 0.6) is 0 Å². The number of hydrogen-bond donors (Lipinski definition) is 0. The van der Waals surface area contributed by atoms with E-state index in [2.05, 4.69) is 28.5 Å². The van der Waals surface area contributed by atoms with Gasteiger partial charge in [-0.1, -0.05) is 49.0 Å². The fraction of sp³-hybridized carbons (Fsp3) is 0.158. The van der Waals surface area contributed by atoms with E-state index in [9.17, 15) is 4.79 Å². The maximum atomic E-state index is 11.9. The number of tetrazole rings is 1. The molecule has 0 aliphatic carbocycles. The van der Waals surface area contributed by atoms with Gasteiger partial charge < -0.3 is 4.42 Å². The van der Waals surface area contributed by atoms with Crippen LogP contribution in [0, 0.1) is 0 Å². The van der Waals surface area contributed by atoms with Gasteiger partial charge >= 0.3 is 5.63 Å². The first-order chi connectivity index (χ1) is 12.7. The third kappa shape index (κ3) is 3.25. The van der Waals surface area contributed by atoms with Crippen LogP contribution in [0.4, 0.5) is 0 Å². The second-order valence-electron chi connectivity index (χ2n) is 5.77. The van der Waals surface area contributed by atoms with Gasteiger partial charge in [-0.15, -0.1) is 5.10 Å². The number of benzene rings is 2. The maximum Gasteiger partial charge on any atom is 0.336 e. The Kier molecular flexibility index (Phi) is 4.53. The highest BCUT2D eigenvalue weighted by Gasteiger charge is 2.12. The fourth-order valence-electron chi connectivity index (χ4n) is 2.76. The van der Waals surface area contributed by atoms with Crippen LogP contribution in [-0.4, -0.2) is 20.2 Å². The van der Waals surface area contributed by atoms with Crippen LogP contribution in [0.15, 0.2) is 69.0 Å². The van der Waals surface area contributed by atoms with Crippen molar-refractivity contribution in [3.63, 3.8) is 0 Å². The normalized spacial score (nSPS) is 11.1. The van der Waals surface area contributed by atoms with E-state index in [-0.39, 0.29) is 5.63 Å². The van der Waals surface area contributed by atoms with Crippen molar-refractivity contribution < 1.29 is 4.42 Å². The van der Waals surface area contributed by atoms with Gasteiger partial charge in [-0.3, -0.25) is 0 Å². The van der Waals surface area contributed by atoms with Crippen molar-refractivity contribution in [2.45, 2.75) is 24.3 Å². The molecule has 0 saturated carbocycles. The van der Waals surface area contributed by atoms with Crippen molar-refractivity contribution in [2.24, 2.45) is 0 Å². The van der Waals surface area contributed by atoms with E-state index in [1.54, 1.807) is 4.68 Å². The number of fused-ring (bicyclic) bond motifs is 1. The first-order valence-corrected chi connectivity index (χ1v) is 9.25. The molecule has 0 bridgehead atoms. The van der Waals surface area contributed by atoms with Crippen molar-refractivity contribution in [1.29, 1.82) is 0 Å². The minimum Gasteiger partial charge on any atom is -0.423 e. The van der Waals surface area contributed by atoms with Crippen molar-refractivity contribution in [3.8, 4) is 5.69 Å². The zero-order chi connectivity index (χ0) is 17.9. The Hall–Kier alpha value is -2.93. The Balaban J connectivity index is 1.65. The molecule has 0 atom stereocenters. The molecule has 0 aliphatic heterocycles. The van der Waals surface area contributed by atoms with Crippen LogP contribution in [0.25, 0.3) is 16.7 Å². The summed E-state index contributed by atoms with van der Waals surface area (Å²) in [6.07, 6.45) is 0.893. The minimum absolute atomic E-state index is 0.344. The second-order valence-corrected chi connectivity index (χ2v) is 6.71. The van der Waals surface area contributed by atoms with Gasteiger partial charge in [0.25, 0.3) is 0 Å². The Morgan fingerprint density at radius 3 is 2.77 bits per heavy atom. The number of rotatable bonds is 5. The summed E-state index contributed by atoms with van der Waals surface area (Å²) >= 11 is 1.48. The summed E-state index contributed by atoms with van der Waals surface area (Å²) in [7, 11) is 0. The second kappa shape index (κ2) is 7.13. The molecule has 26 heavy (non-hydrogen) atoms. The van der Waals surface area contributed by atoms with Crippen molar-refractivity contribution >= 4 is 22.7 Å². The first kappa shape index (κ1) is 16.5. The molecule has 2 aromatic carbocycles. The molecule has 0 aliphatic rings. The van der Waals surface area contributed by atoms with E-state index in [1.165, 1.54) is 17.8 Å². The number of hydrogen-bond acceptors (Lipinski definition) is 6. The topological polar surface area (TPSA) is 73.8 Å². The molecule has 2 aromatic heterocycles. The number of aromatic nitrogens is 4. The maximum absolute atomic E-state index is 11.9. The van der Waals surface area contributed by atoms with E-state index in [1.807, 2.05) is 42.5 Å². The van der Waals surface area contributed by atoms with Gasteiger partial charge in [0.05, 0.1) is 5.69 Å². The standard InChI is InChI=1S/C19H16N4O2S/c1-2-13-8-9-16-14(11-18(24)25-17(16)10-13)12-26-19-20-21-22-23(19)15-6-4-3-5-7-15/h3-11H,2,12H2,1H3. The Morgan fingerprint density at radius 2 is 1.96 bits per heavy atom. The van der Waals surface area contributed by atoms with Gasteiger partial charge in [0.15, 0.2) is 0 Å². The summed E-state index contributed by atoms with van der Waals surface area (Å²) in [5, 5.41) is 13.5. The highest BCUT2D eigenvalue weighted by molar-refractivity contribution is 7.98. The Labute approximate surface area is 153 Å². The van der Waals surface area contributed by atoms with Crippen LogP contribution in [0.3, 0.4) is 0 Å². The van der Waals surface area contributed by atoms with Crippen LogP contribution in [0.1, 0.15) is 18.1 Å². The summed E-state index contributed by atoms with van der Waals surface area (Å²) < 4.78 is 7.05. The number of para-hydroxylation sites is 1. The summed E-state index contributed by atoms with van der Waals surface area (Å²) in [5.74, 6) is 0.570. The van der Waals surface area contributed by atoms with Crippen LogP contribution < -0.4 is 5.63 Å². The molecule has 2 heterocycles. The average Bonchev–Trinajstić information content (AvgIpc) is 3.14. The molecule has 0 fully saturated rings. The molecular formula is C19H16N4O2S. The first-order valence-electron chi connectivity index (χ1n) is 8.27. The third-order valence-corrected chi connectivity index (χ3v) is 5.07. The zero-order valence-corrected chi connectivity index (χ0v) is 14.9. The lowest BCUT2D eigenvalue weighted by molar-refractivity contribution is 0.559. The lowest BCUT2D eigenvalue weighted by Crippen LogP contribution is -2.02. The van der Waals surface area contributed by atoms with Gasteiger partial charge in [-0.2, -0.15) is 4.68 Å². The third-order valence-electron chi connectivity index (χ3n) is 4.10. The molecule has 130 valence electrons. The van der Waals surface area contributed by atoms with Crippen LogP contribution in [-0.2, 0) is 12.2 Å². The average molecular weight is 364 g/mol. The highest BCUT2D eigenvalue weighted by atomic mass is 32.2. The number of aryl methyl sites for hydroxylation is 1. The van der Waals surface area contributed by atoms with Gasteiger partial charge in [0, 0.05) is 17.2 Å². The molecule has 4 aromatic rings. The van der Waals surface area contributed by atoms with Gasteiger partial charge in [0.1, 0.15) is 5.58 Å². The quantitative estimate of drug-likeness (QED) is 0.398. The molecule has 0 radical (unpaired) electrons. The number of nitrogens with zero attached hydrogens (tertiary/aromatic N) is 4. The van der Waals surface area contributed by atoms with E-state index in [0.29, 0.717) is 16.5 Å². The predicted octanol–water partition coefficient (Wildman–Crippen LogP) is 3.62. The van der Waals surface area contributed by atoms with E-state index < -0.39 is 0 Å². The fourth-order valence-corrected chi connectivity index (χ4v) is 3.64. The number of thioether (sulfide) groups is 1. The molecule has 0 amide bonds. The van der Waals surface area contributed by atoms with Gasteiger partial charge in [-0.25, -0.2) is 4.79 Å². The predicted molar refractivity (Wildman–Crippen MR) is 101 cm³/mol. The smallest absolute Gasteiger partial charge is 0.336 e. The molecule has 0 N–H and O–H groups in total. The molecule has 6 nitrogen and oxygen atoms in total. The molecule has 4 rings (SSSR count). The summed E-state index contributed by atoms with van der Waals surface area (Å²) in [4.78, 5) is 11.9. The molecule has 0 saturated heterocycles. The highest BCUT2D eigenvalue weighted by Crippen LogP contribution is 2.26. The lowest BCUT2D eigenvalue weighted by Gasteiger charge is -2.07. The van der Waals surface area contributed by atoms with E-state index in [4.69, 9.17) is 4.42 Å². The Morgan fingerprint density at radius 1 is 1.12 bits per heavy atom. The van der Waals surface area contributed by atoms with Gasteiger partial charge in [-0.05, 0) is 46.2 Å². The largest absolute Gasteiger partial charge is 0.423 e. The zero-order valence-electron chi connectivity index (χ0n) is 14.1. The summed E-state index contributed by atoms with van der Waals surface area (Å²) in [6.45, 7) is 2.07. The van der Waals surface area contributed by atoms with E-state index in [0.717, 1.165) is 28.6 Å². The Bertz CT molecular complexity index is 1110. The van der Waals surface area contributed by atoms with Gasteiger partial charge in [0.2, 0.25) is 5.16 Å². The molecule has 7 heteroatoms. The van der Waals surface area contributed by atoms with E-state index >= 15 is 0 Å².